The van der Waals surface area contributed by atoms with Gasteiger partial charge in [-0.25, -0.2) is 4.79 Å². The van der Waals surface area contributed by atoms with Crippen molar-refractivity contribution in [1.29, 1.82) is 0 Å². The molecule has 0 unspecified atom stereocenters. The molecule has 0 saturated carbocycles. The summed E-state index contributed by atoms with van der Waals surface area (Å²) in [6.45, 7) is 10.8. The Morgan fingerprint density at radius 1 is 0.935 bits per heavy atom. The van der Waals surface area contributed by atoms with Gasteiger partial charge in [-0.1, -0.05) is 48.5 Å². The van der Waals surface area contributed by atoms with Crippen LogP contribution in [0, 0.1) is 20.8 Å². The van der Waals surface area contributed by atoms with E-state index in [1.807, 2.05) is 86.9 Å². The molecule has 1 aromatic heterocycles. The Kier molecular flexibility index (Phi) is 6.95. The van der Waals surface area contributed by atoms with E-state index in [0.29, 0.717) is 29.9 Å². The number of amides is 1. The number of rotatable bonds is 7. The van der Waals surface area contributed by atoms with Gasteiger partial charge in [-0.15, -0.1) is 0 Å². The van der Waals surface area contributed by atoms with Gasteiger partial charge >= 0.3 is 5.97 Å². The highest BCUT2D eigenvalue weighted by Gasteiger charge is 2.30. The van der Waals surface area contributed by atoms with Crippen LogP contribution in [0.1, 0.15) is 57.1 Å². The molecule has 0 atom stereocenters. The van der Waals surface area contributed by atoms with Crippen molar-refractivity contribution in [1.82, 2.24) is 4.57 Å². The quantitative estimate of drug-likeness (QED) is 0.489. The maximum atomic E-state index is 13.7. The highest BCUT2D eigenvalue weighted by molar-refractivity contribution is 6.10. The molecule has 0 saturated heterocycles. The number of para-hydroxylation sites is 1. The van der Waals surface area contributed by atoms with Crippen LogP contribution in [0.5, 0.6) is 0 Å². The Bertz CT molecular complexity index is 1080. The number of esters is 1. The lowest BCUT2D eigenvalue weighted by Gasteiger charge is -2.23. The van der Waals surface area contributed by atoms with Gasteiger partial charge in [-0.3, -0.25) is 4.79 Å². The van der Waals surface area contributed by atoms with Gasteiger partial charge < -0.3 is 14.2 Å². The zero-order valence-corrected chi connectivity index (χ0v) is 18.9. The lowest BCUT2D eigenvalue weighted by Crippen LogP contribution is -2.32. The molecule has 0 spiro atoms. The smallest absolute Gasteiger partial charge is 0.355 e. The standard InChI is InChI=1S/C26H30N2O3/c1-6-27(22-16-12-11-13-18(22)3)25(29)23-19(4)24(26(30)31-7-2)28(20(23)5)17-21-14-9-8-10-15-21/h8-16H,6-7,17H2,1-5H3. The fraction of sp³-hybridized carbons (Fsp3) is 0.308. The number of anilines is 1. The van der Waals surface area contributed by atoms with Crippen molar-refractivity contribution in [2.75, 3.05) is 18.1 Å². The summed E-state index contributed by atoms with van der Waals surface area (Å²) in [4.78, 5) is 28.4. The topological polar surface area (TPSA) is 51.5 Å². The average Bonchev–Trinajstić information content (AvgIpc) is 3.00. The van der Waals surface area contributed by atoms with Gasteiger partial charge in [0.1, 0.15) is 5.69 Å². The van der Waals surface area contributed by atoms with E-state index in [-0.39, 0.29) is 12.5 Å². The molecule has 0 aliphatic carbocycles. The number of benzene rings is 2. The summed E-state index contributed by atoms with van der Waals surface area (Å²) < 4.78 is 7.25. The SMILES string of the molecule is CCOC(=O)c1c(C)c(C(=O)N(CC)c2ccccc2C)c(C)n1Cc1ccccc1. The third-order valence-corrected chi connectivity index (χ3v) is 5.60. The summed E-state index contributed by atoms with van der Waals surface area (Å²) in [6.07, 6.45) is 0. The summed E-state index contributed by atoms with van der Waals surface area (Å²) in [5, 5.41) is 0. The highest BCUT2D eigenvalue weighted by atomic mass is 16.5. The fourth-order valence-corrected chi connectivity index (χ4v) is 4.06. The second kappa shape index (κ2) is 9.65. The molecule has 1 amide bonds. The average molecular weight is 419 g/mol. The number of nitrogens with zero attached hydrogens (tertiary/aromatic N) is 2. The molecule has 31 heavy (non-hydrogen) atoms. The molecule has 3 rings (SSSR count). The van der Waals surface area contributed by atoms with Crippen LogP contribution in [0.2, 0.25) is 0 Å². The fourth-order valence-electron chi connectivity index (χ4n) is 4.06. The van der Waals surface area contributed by atoms with E-state index in [1.54, 1.807) is 11.8 Å². The van der Waals surface area contributed by atoms with Gasteiger partial charge in [0, 0.05) is 24.5 Å². The van der Waals surface area contributed by atoms with Crippen molar-refractivity contribution in [2.24, 2.45) is 0 Å². The second-order valence-electron chi connectivity index (χ2n) is 7.56. The summed E-state index contributed by atoms with van der Waals surface area (Å²) >= 11 is 0. The molecule has 0 radical (unpaired) electrons. The minimum absolute atomic E-state index is 0.107. The minimum Gasteiger partial charge on any atom is -0.461 e. The molecule has 0 aliphatic heterocycles. The van der Waals surface area contributed by atoms with Crippen LogP contribution in [0.3, 0.4) is 0 Å². The minimum atomic E-state index is -0.406. The van der Waals surface area contributed by atoms with Crippen molar-refractivity contribution in [3.63, 3.8) is 0 Å². The lowest BCUT2D eigenvalue weighted by atomic mass is 10.1. The van der Waals surface area contributed by atoms with E-state index in [2.05, 4.69) is 0 Å². The third kappa shape index (κ3) is 4.41. The van der Waals surface area contributed by atoms with Crippen LogP contribution in [-0.2, 0) is 11.3 Å². The number of hydrogen-bond acceptors (Lipinski definition) is 3. The molecule has 1 heterocycles. The van der Waals surface area contributed by atoms with E-state index in [9.17, 15) is 9.59 Å². The van der Waals surface area contributed by atoms with Gasteiger partial charge in [0.05, 0.1) is 12.2 Å². The number of aryl methyl sites for hydroxylation is 1. The van der Waals surface area contributed by atoms with Gasteiger partial charge in [-0.05, 0) is 57.4 Å². The maximum Gasteiger partial charge on any atom is 0.355 e. The Hall–Kier alpha value is -3.34. The third-order valence-electron chi connectivity index (χ3n) is 5.60. The van der Waals surface area contributed by atoms with Crippen LogP contribution in [-0.4, -0.2) is 29.6 Å². The van der Waals surface area contributed by atoms with Gasteiger partial charge in [0.15, 0.2) is 0 Å². The van der Waals surface area contributed by atoms with E-state index in [4.69, 9.17) is 4.74 Å². The first-order valence-corrected chi connectivity index (χ1v) is 10.7. The molecule has 5 heteroatoms. The summed E-state index contributed by atoms with van der Waals surface area (Å²) in [5.41, 5.74) is 5.38. The predicted octanol–water partition coefficient (Wildman–Crippen LogP) is 5.31. The molecular weight excluding hydrogens is 388 g/mol. The van der Waals surface area contributed by atoms with Crippen LogP contribution < -0.4 is 4.90 Å². The van der Waals surface area contributed by atoms with Crippen LogP contribution in [0.25, 0.3) is 0 Å². The number of hydrogen-bond donors (Lipinski definition) is 0. The Morgan fingerprint density at radius 3 is 2.19 bits per heavy atom. The molecule has 5 nitrogen and oxygen atoms in total. The molecule has 3 aromatic rings. The largest absolute Gasteiger partial charge is 0.461 e. The number of carbonyl (C=O) groups excluding carboxylic acids is 2. The molecular formula is C26H30N2O3. The summed E-state index contributed by atoms with van der Waals surface area (Å²) in [5.74, 6) is -0.513. The Morgan fingerprint density at radius 2 is 1.58 bits per heavy atom. The van der Waals surface area contributed by atoms with E-state index in [0.717, 1.165) is 22.5 Å². The van der Waals surface area contributed by atoms with Crippen LogP contribution in [0.4, 0.5) is 5.69 Å². The van der Waals surface area contributed by atoms with Crippen molar-refractivity contribution < 1.29 is 14.3 Å². The van der Waals surface area contributed by atoms with E-state index in [1.165, 1.54) is 0 Å². The number of aromatic nitrogens is 1. The van der Waals surface area contributed by atoms with Crippen molar-refractivity contribution >= 4 is 17.6 Å². The normalized spacial score (nSPS) is 10.7. The second-order valence-corrected chi connectivity index (χ2v) is 7.56. The highest BCUT2D eigenvalue weighted by Crippen LogP contribution is 2.29. The maximum absolute atomic E-state index is 13.7. The molecule has 0 N–H and O–H groups in total. The van der Waals surface area contributed by atoms with E-state index < -0.39 is 5.97 Å². The Labute approximate surface area is 184 Å². The molecule has 162 valence electrons. The summed E-state index contributed by atoms with van der Waals surface area (Å²) in [7, 11) is 0. The first-order valence-electron chi connectivity index (χ1n) is 10.7. The van der Waals surface area contributed by atoms with Crippen LogP contribution >= 0.6 is 0 Å². The van der Waals surface area contributed by atoms with Gasteiger partial charge in [0.25, 0.3) is 5.91 Å². The number of carbonyl (C=O) groups is 2. The van der Waals surface area contributed by atoms with Gasteiger partial charge in [-0.2, -0.15) is 0 Å². The van der Waals surface area contributed by atoms with Crippen molar-refractivity contribution in [2.45, 2.75) is 41.2 Å². The Balaban J connectivity index is 2.13. The summed E-state index contributed by atoms with van der Waals surface area (Å²) in [6, 6.07) is 17.8. The zero-order valence-electron chi connectivity index (χ0n) is 18.9. The van der Waals surface area contributed by atoms with Crippen molar-refractivity contribution in [3.05, 3.63) is 88.2 Å². The lowest BCUT2D eigenvalue weighted by molar-refractivity contribution is 0.0513. The number of ether oxygens (including phenoxy) is 1. The first-order chi connectivity index (χ1) is 14.9. The molecule has 0 fully saturated rings. The van der Waals surface area contributed by atoms with E-state index >= 15 is 0 Å². The van der Waals surface area contributed by atoms with Gasteiger partial charge in [0.2, 0.25) is 0 Å². The zero-order chi connectivity index (χ0) is 22.5. The van der Waals surface area contributed by atoms with Crippen LogP contribution in [0.15, 0.2) is 54.6 Å². The molecule has 0 aliphatic rings. The predicted molar refractivity (Wildman–Crippen MR) is 124 cm³/mol. The first kappa shape index (κ1) is 22.3. The molecule has 2 aromatic carbocycles. The van der Waals surface area contributed by atoms with Crippen molar-refractivity contribution in [3.8, 4) is 0 Å². The molecule has 0 bridgehead atoms. The monoisotopic (exact) mass is 418 g/mol.